The maximum absolute atomic E-state index is 14.0. The lowest BCUT2D eigenvalue weighted by Crippen LogP contribution is -2.41. The minimum absolute atomic E-state index is 0.00702. The fourth-order valence-electron chi connectivity index (χ4n) is 3.39. The number of hydrogen-bond donors (Lipinski definition) is 1. The normalized spacial score (nSPS) is 15.3. The number of sulfonamides is 1. The van der Waals surface area contributed by atoms with Crippen molar-refractivity contribution in [3.05, 3.63) is 53.6 Å². The molecule has 0 aliphatic carbocycles. The van der Waals surface area contributed by atoms with Crippen molar-refractivity contribution in [3.8, 4) is 11.8 Å². The van der Waals surface area contributed by atoms with Gasteiger partial charge in [0.25, 0.3) is 0 Å². The number of piperidine rings is 1. The third-order valence-corrected chi connectivity index (χ3v) is 6.92. The van der Waals surface area contributed by atoms with Crippen LogP contribution in [0.25, 0.3) is 0 Å². The molecule has 1 N–H and O–H groups in total. The SMILES string of the molecule is CCOc1ccc(C#N)cc1NC(=O)C1CCN(S(=O)(=O)c2cc(F)ccc2F)CC1. The molecule has 1 saturated heterocycles. The van der Waals surface area contributed by atoms with E-state index in [1.165, 1.54) is 6.07 Å². The van der Waals surface area contributed by atoms with Gasteiger partial charge in [-0.15, -0.1) is 0 Å². The van der Waals surface area contributed by atoms with E-state index in [1.807, 2.05) is 6.07 Å². The van der Waals surface area contributed by atoms with Gasteiger partial charge in [-0.25, -0.2) is 17.2 Å². The average molecular weight is 449 g/mol. The number of nitrogens with one attached hydrogen (secondary N) is 1. The minimum Gasteiger partial charge on any atom is -0.492 e. The van der Waals surface area contributed by atoms with Gasteiger partial charge in [0, 0.05) is 19.0 Å². The first-order chi connectivity index (χ1) is 14.8. The van der Waals surface area contributed by atoms with Crippen LogP contribution >= 0.6 is 0 Å². The van der Waals surface area contributed by atoms with E-state index < -0.39 is 32.5 Å². The molecule has 31 heavy (non-hydrogen) atoms. The van der Waals surface area contributed by atoms with Crippen molar-refractivity contribution in [2.45, 2.75) is 24.7 Å². The van der Waals surface area contributed by atoms with Crippen molar-refractivity contribution in [3.63, 3.8) is 0 Å². The van der Waals surface area contributed by atoms with E-state index in [4.69, 9.17) is 10.00 Å². The Kier molecular flexibility index (Phi) is 6.87. The van der Waals surface area contributed by atoms with Crippen LogP contribution < -0.4 is 10.1 Å². The molecule has 0 radical (unpaired) electrons. The van der Waals surface area contributed by atoms with E-state index in [2.05, 4.69) is 5.32 Å². The first kappa shape index (κ1) is 22.7. The summed E-state index contributed by atoms with van der Waals surface area (Å²) in [6, 6.07) is 8.96. The molecule has 0 bridgehead atoms. The van der Waals surface area contributed by atoms with Crippen molar-refractivity contribution in [1.82, 2.24) is 4.31 Å². The van der Waals surface area contributed by atoms with Crippen molar-refractivity contribution < 1.29 is 26.7 Å². The van der Waals surface area contributed by atoms with Crippen molar-refractivity contribution in [2.24, 2.45) is 5.92 Å². The van der Waals surface area contributed by atoms with E-state index >= 15 is 0 Å². The first-order valence-corrected chi connectivity index (χ1v) is 11.1. The Hall–Kier alpha value is -3.03. The molecule has 2 aromatic carbocycles. The van der Waals surface area contributed by atoms with Crippen LogP contribution in [0.3, 0.4) is 0 Å². The van der Waals surface area contributed by atoms with Gasteiger partial charge < -0.3 is 10.1 Å². The molecule has 1 aliphatic rings. The Bertz CT molecular complexity index is 1120. The predicted octanol–water partition coefficient (Wildman–Crippen LogP) is 3.27. The zero-order chi connectivity index (χ0) is 22.6. The first-order valence-electron chi connectivity index (χ1n) is 9.69. The summed E-state index contributed by atoms with van der Waals surface area (Å²) < 4.78 is 59.3. The summed E-state index contributed by atoms with van der Waals surface area (Å²) in [4.78, 5) is 12.0. The van der Waals surface area contributed by atoms with Crippen LogP contribution in [-0.2, 0) is 14.8 Å². The molecular formula is C21H21F2N3O4S. The molecule has 0 spiro atoms. The highest BCUT2D eigenvalue weighted by Gasteiger charge is 2.34. The number of rotatable bonds is 6. The Morgan fingerprint density at radius 3 is 2.58 bits per heavy atom. The molecule has 2 aromatic rings. The largest absolute Gasteiger partial charge is 0.492 e. The van der Waals surface area contributed by atoms with Crippen molar-refractivity contribution in [1.29, 1.82) is 5.26 Å². The molecular weight excluding hydrogens is 428 g/mol. The van der Waals surface area contributed by atoms with Crippen LogP contribution in [-0.4, -0.2) is 38.3 Å². The number of carbonyl (C=O) groups excluding carboxylic acids is 1. The molecule has 10 heteroatoms. The van der Waals surface area contributed by atoms with Crippen LogP contribution in [0.2, 0.25) is 0 Å². The molecule has 1 aliphatic heterocycles. The molecule has 7 nitrogen and oxygen atoms in total. The summed E-state index contributed by atoms with van der Waals surface area (Å²) in [6.45, 7) is 2.16. The number of benzene rings is 2. The van der Waals surface area contributed by atoms with E-state index in [0.29, 0.717) is 29.7 Å². The number of nitrogens with zero attached hydrogens (tertiary/aromatic N) is 2. The van der Waals surface area contributed by atoms with Gasteiger partial charge in [0.1, 0.15) is 22.3 Å². The van der Waals surface area contributed by atoms with E-state index in [1.54, 1.807) is 19.1 Å². The Morgan fingerprint density at radius 1 is 1.23 bits per heavy atom. The summed E-state index contributed by atoms with van der Waals surface area (Å²) >= 11 is 0. The number of amides is 1. The van der Waals surface area contributed by atoms with Crippen molar-refractivity contribution in [2.75, 3.05) is 25.0 Å². The van der Waals surface area contributed by atoms with Gasteiger partial charge in [-0.05, 0) is 56.2 Å². The summed E-state index contributed by atoms with van der Waals surface area (Å²) in [5.74, 6) is -2.26. The number of carbonyl (C=O) groups is 1. The number of halogens is 2. The Labute approximate surface area is 179 Å². The number of nitriles is 1. The molecule has 1 amide bonds. The molecule has 1 heterocycles. The van der Waals surface area contributed by atoms with E-state index in [-0.39, 0.29) is 31.8 Å². The van der Waals surface area contributed by atoms with Gasteiger partial charge >= 0.3 is 0 Å². The molecule has 0 aromatic heterocycles. The number of anilines is 1. The van der Waals surface area contributed by atoms with Crippen LogP contribution in [0.1, 0.15) is 25.3 Å². The van der Waals surface area contributed by atoms with Gasteiger partial charge in [0.05, 0.1) is 23.9 Å². The smallest absolute Gasteiger partial charge is 0.246 e. The quantitative estimate of drug-likeness (QED) is 0.730. The summed E-state index contributed by atoms with van der Waals surface area (Å²) in [7, 11) is -4.22. The zero-order valence-electron chi connectivity index (χ0n) is 16.8. The lowest BCUT2D eigenvalue weighted by atomic mass is 9.97. The highest BCUT2D eigenvalue weighted by atomic mass is 32.2. The molecule has 0 unspecified atom stereocenters. The van der Waals surface area contributed by atoms with Crippen LogP contribution in [0.15, 0.2) is 41.3 Å². The third kappa shape index (κ3) is 5.00. The summed E-state index contributed by atoms with van der Waals surface area (Å²) in [5.41, 5.74) is 0.722. The molecule has 3 rings (SSSR count). The molecule has 164 valence electrons. The second-order valence-electron chi connectivity index (χ2n) is 7.00. The predicted molar refractivity (Wildman–Crippen MR) is 109 cm³/mol. The van der Waals surface area contributed by atoms with Gasteiger partial charge in [0.2, 0.25) is 15.9 Å². The number of ether oxygens (including phenoxy) is 1. The Balaban J connectivity index is 1.69. The van der Waals surface area contributed by atoms with Gasteiger partial charge in [-0.3, -0.25) is 4.79 Å². The lowest BCUT2D eigenvalue weighted by molar-refractivity contribution is -0.120. The fourth-order valence-corrected chi connectivity index (χ4v) is 4.93. The molecule has 0 atom stereocenters. The fraction of sp³-hybridized carbons (Fsp3) is 0.333. The minimum atomic E-state index is -4.22. The molecule has 1 fully saturated rings. The average Bonchev–Trinajstić information content (AvgIpc) is 2.76. The highest BCUT2D eigenvalue weighted by molar-refractivity contribution is 7.89. The third-order valence-electron chi connectivity index (χ3n) is 5.00. The Morgan fingerprint density at radius 2 is 1.94 bits per heavy atom. The van der Waals surface area contributed by atoms with E-state index in [9.17, 15) is 22.0 Å². The topological polar surface area (TPSA) is 99.5 Å². The summed E-state index contributed by atoms with van der Waals surface area (Å²) in [6.07, 6.45) is 0.424. The van der Waals surface area contributed by atoms with Gasteiger partial charge in [-0.1, -0.05) is 0 Å². The highest BCUT2D eigenvalue weighted by Crippen LogP contribution is 2.29. The van der Waals surface area contributed by atoms with Gasteiger partial charge in [-0.2, -0.15) is 9.57 Å². The van der Waals surface area contributed by atoms with Crippen LogP contribution in [0.4, 0.5) is 14.5 Å². The van der Waals surface area contributed by atoms with Crippen LogP contribution in [0.5, 0.6) is 5.75 Å². The lowest BCUT2D eigenvalue weighted by Gasteiger charge is -2.30. The van der Waals surface area contributed by atoms with Crippen molar-refractivity contribution >= 4 is 21.6 Å². The van der Waals surface area contributed by atoms with E-state index in [0.717, 1.165) is 16.4 Å². The zero-order valence-corrected chi connectivity index (χ0v) is 17.6. The van der Waals surface area contributed by atoms with Gasteiger partial charge in [0.15, 0.2) is 0 Å². The molecule has 0 saturated carbocycles. The number of hydrogen-bond acceptors (Lipinski definition) is 5. The maximum Gasteiger partial charge on any atom is 0.246 e. The second-order valence-corrected chi connectivity index (χ2v) is 8.90. The summed E-state index contributed by atoms with van der Waals surface area (Å²) in [5, 5.41) is 11.8. The monoisotopic (exact) mass is 449 g/mol. The standard InChI is InChI=1S/C21H21F2N3O4S/c1-2-30-19-6-3-14(13-24)11-18(19)25-21(27)15-7-9-26(10-8-15)31(28,29)20-12-16(22)4-5-17(20)23/h3-6,11-12,15H,2,7-10H2,1H3,(H,25,27). The second kappa shape index (κ2) is 9.41. The van der Waals surface area contributed by atoms with Crippen LogP contribution in [0, 0.1) is 28.9 Å². The maximum atomic E-state index is 14.0.